The fourth-order valence-electron chi connectivity index (χ4n) is 3.11. The van der Waals surface area contributed by atoms with Crippen molar-refractivity contribution in [1.29, 1.82) is 0 Å². The van der Waals surface area contributed by atoms with Crippen molar-refractivity contribution in [3.63, 3.8) is 0 Å². The van der Waals surface area contributed by atoms with Gasteiger partial charge in [-0.2, -0.15) is 0 Å². The molecule has 1 heterocycles. The molecule has 2 N–H and O–H groups in total. The summed E-state index contributed by atoms with van der Waals surface area (Å²) in [5, 5.41) is 0. The predicted molar refractivity (Wildman–Crippen MR) is 85.6 cm³/mol. The Bertz CT molecular complexity index is 377. The van der Waals surface area contributed by atoms with Crippen LogP contribution in [0.25, 0.3) is 0 Å². The summed E-state index contributed by atoms with van der Waals surface area (Å²) in [7, 11) is 0. The summed E-state index contributed by atoms with van der Waals surface area (Å²) < 4.78 is 0. The van der Waals surface area contributed by atoms with Gasteiger partial charge in [0.2, 0.25) is 0 Å². The van der Waals surface area contributed by atoms with Gasteiger partial charge in [0.05, 0.1) is 0 Å². The lowest BCUT2D eigenvalue weighted by Crippen LogP contribution is -2.44. The molecule has 0 radical (unpaired) electrons. The molecule has 0 amide bonds. The Morgan fingerprint density at radius 3 is 2.70 bits per heavy atom. The predicted octanol–water partition coefficient (Wildman–Crippen LogP) is 2.32. The van der Waals surface area contributed by atoms with Gasteiger partial charge in [-0.25, -0.2) is 0 Å². The number of benzene rings is 1. The van der Waals surface area contributed by atoms with Crippen molar-refractivity contribution in [2.24, 2.45) is 5.73 Å². The van der Waals surface area contributed by atoms with Crippen LogP contribution in [0.2, 0.25) is 0 Å². The van der Waals surface area contributed by atoms with Gasteiger partial charge in [-0.1, -0.05) is 30.3 Å². The highest BCUT2D eigenvalue weighted by molar-refractivity contribution is 5.14. The van der Waals surface area contributed by atoms with E-state index in [0.717, 1.165) is 26.2 Å². The van der Waals surface area contributed by atoms with Crippen LogP contribution in [0.4, 0.5) is 0 Å². The topological polar surface area (TPSA) is 32.5 Å². The van der Waals surface area contributed by atoms with Gasteiger partial charge in [0, 0.05) is 38.3 Å². The molecule has 1 aromatic rings. The molecule has 1 atom stereocenters. The first-order valence-electron chi connectivity index (χ1n) is 7.92. The van der Waals surface area contributed by atoms with Crippen molar-refractivity contribution in [2.75, 3.05) is 26.2 Å². The van der Waals surface area contributed by atoms with E-state index in [4.69, 9.17) is 5.73 Å². The number of nitrogens with two attached hydrogens (primary N) is 1. The molecule has 0 bridgehead atoms. The molecule has 0 aromatic heterocycles. The molecule has 1 aliphatic heterocycles. The summed E-state index contributed by atoms with van der Waals surface area (Å²) in [6.45, 7) is 9.84. The Morgan fingerprint density at radius 1 is 1.30 bits per heavy atom. The second-order valence-electron chi connectivity index (χ2n) is 6.13. The van der Waals surface area contributed by atoms with Crippen LogP contribution >= 0.6 is 0 Å². The first-order chi connectivity index (χ1) is 9.70. The van der Waals surface area contributed by atoms with Gasteiger partial charge in [0.15, 0.2) is 0 Å². The lowest BCUT2D eigenvalue weighted by Gasteiger charge is -2.33. The molecule has 0 spiro atoms. The SMILES string of the molecule is CC(C)N(Cc1ccccc1)C[C@@H]1CCCN1CCN. The lowest BCUT2D eigenvalue weighted by molar-refractivity contribution is 0.142. The van der Waals surface area contributed by atoms with E-state index in [1.807, 2.05) is 0 Å². The van der Waals surface area contributed by atoms with E-state index < -0.39 is 0 Å². The molecule has 1 saturated heterocycles. The molecule has 112 valence electrons. The van der Waals surface area contributed by atoms with E-state index in [9.17, 15) is 0 Å². The highest BCUT2D eigenvalue weighted by Crippen LogP contribution is 2.19. The largest absolute Gasteiger partial charge is 0.329 e. The smallest absolute Gasteiger partial charge is 0.0237 e. The summed E-state index contributed by atoms with van der Waals surface area (Å²) in [5.41, 5.74) is 7.14. The van der Waals surface area contributed by atoms with Crippen LogP contribution in [0.5, 0.6) is 0 Å². The maximum absolute atomic E-state index is 5.73. The molecule has 1 aromatic carbocycles. The molecule has 20 heavy (non-hydrogen) atoms. The highest BCUT2D eigenvalue weighted by atomic mass is 15.2. The van der Waals surface area contributed by atoms with Crippen molar-refractivity contribution in [3.8, 4) is 0 Å². The monoisotopic (exact) mass is 275 g/mol. The zero-order valence-electron chi connectivity index (χ0n) is 13.0. The lowest BCUT2D eigenvalue weighted by atomic mass is 10.1. The molecular formula is C17H29N3. The van der Waals surface area contributed by atoms with E-state index in [-0.39, 0.29) is 0 Å². The van der Waals surface area contributed by atoms with Crippen LogP contribution in [0.15, 0.2) is 30.3 Å². The van der Waals surface area contributed by atoms with Crippen molar-refractivity contribution in [3.05, 3.63) is 35.9 Å². The van der Waals surface area contributed by atoms with E-state index in [2.05, 4.69) is 54.0 Å². The second-order valence-corrected chi connectivity index (χ2v) is 6.13. The fourth-order valence-corrected chi connectivity index (χ4v) is 3.11. The van der Waals surface area contributed by atoms with E-state index >= 15 is 0 Å². The van der Waals surface area contributed by atoms with Crippen LogP contribution in [-0.4, -0.2) is 48.1 Å². The van der Waals surface area contributed by atoms with Crippen LogP contribution in [-0.2, 0) is 6.54 Å². The van der Waals surface area contributed by atoms with Gasteiger partial charge in [-0.15, -0.1) is 0 Å². The minimum atomic E-state index is 0.579. The fraction of sp³-hybridized carbons (Fsp3) is 0.647. The Morgan fingerprint density at radius 2 is 2.05 bits per heavy atom. The van der Waals surface area contributed by atoms with Gasteiger partial charge in [-0.3, -0.25) is 9.80 Å². The van der Waals surface area contributed by atoms with Gasteiger partial charge in [-0.05, 0) is 38.8 Å². The normalized spacial score (nSPS) is 20.1. The summed E-state index contributed by atoms with van der Waals surface area (Å²) in [6, 6.07) is 12.1. The van der Waals surface area contributed by atoms with Gasteiger partial charge >= 0.3 is 0 Å². The third-order valence-electron chi connectivity index (χ3n) is 4.32. The molecule has 1 aliphatic rings. The van der Waals surface area contributed by atoms with Gasteiger partial charge in [0.1, 0.15) is 0 Å². The average Bonchev–Trinajstić information content (AvgIpc) is 2.87. The van der Waals surface area contributed by atoms with Crippen LogP contribution < -0.4 is 5.73 Å². The van der Waals surface area contributed by atoms with E-state index in [1.165, 1.54) is 24.9 Å². The third-order valence-corrected chi connectivity index (χ3v) is 4.32. The number of likely N-dealkylation sites (tertiary alicyclic amines) is 1. The highest BCUT2D eigenvalue weighted by Gasteiger charge is 2.26. The Hall–Kier alpha value is -0.900. The maximum atomic E-state index is 5.73. The van der Waals surface area contributed by atoms with E-state index in [1.54, 1.807) is 0 Å². The zero-order valence-corrected chi connectivity index (χ0v) is 13.0. The number of rotatable bonds is 7. The van der Waals surface area contributed by atoms with Crippen molar-refractivity contribution < 1.29 is 0 Å². The Balaban J connectivity index is 1.95. The number of hydrogen-bond donors (Lipinski definition) is 1. The third kappa shape index (κ3) is 4.30. The van der Waals surface area contributed by atoms with Crippen molar-refractivity contribution in [2.45, 2.75) is 45.3 Å². The van der Waals surface area contributed by atoms with Crippen LogP contribution in [0.3, 0.4) is 0 Å². The van der Waals surface area contributed by atoms with Crippen molar-refractivity contribution >= 4 is 0 Å². The van der Waals surface area contributed by atoms with Gasteiger partial charge in [0.25, 0.3) is 0 Å². The van der Waals surface area contributed by atoms with Crippen LogP contribution in [0, 0.1) is 0 Å². The number of hydrogen-bond acceptors (Lipinski definition) is 3. The molecule has 2 rings (SSSR count). The average molecular weight is 275 g/mol. The molecule has 0 unspecified atom stereocenters. The molecular weight excluding hydrogens is 246 g/mol. The van der Waals surface area contributed by atoms with Crippen molar-refractivity contribution in [1.82, 2.24) is 9.80 Å². The molecule has 0 aliphatic carbocycles. The molecule has 0 saturated carbocycles. The summed E-state index contributed by atoms with van der Waals surface area (Å²) in [4.78, 5) is 5.16. The quantitative estimate of drug-likeness (QED) is 0.829. The minimum absolute atomic E-state index is 0.579. The number of nitrogens with zero attached hydrogens (tertiary/aromatic N) is 2. The Kier molecular flexibility index (Phi) is 6.02. The van der Waals surface area contributed by atoms with Crippen LogP contribution in [0.1, 0.15) is 32.3 Å². The first-order valence-corrected chi connectivity index (χ1v) is 7.92. The molecule has 1 fully saturated rings. The summed E-state index contributed by atoms with van der Waals surface area (Å²) >= 11 is 0. The standard InChI is InChI=1S/C17H29N3/c1-15(2)20(13-16-7-4-3-5-8-16)14-17-9-6-11-19(17)12-10-18/h3-5,7-8,15,17H,6,9-14,18H2,1-2H3/t17-/m0/s1. The Labute approximate surface area is 123 Å². The maximum Gasteiger partial charge on any atom is 0.0237 e. The molecule has 3 nitrogen and oxygen atoms in total. The molecule has 3 heteroatoms. The second kappa shape index (κ2) is 7.77. The summed E-state index contributed by atoms with van der Waals surface area (Å²) in [6.07, 6.45) is 2.64. The minimum Gasteiger partial charge on any atom is -0.329 e. The van der Waals surface area contributed by atoms with Gasteiger partial charge < -0.3 is 5.73 Å². The van der Waals surface area contributed by atoms with E-state index in [0.29, 0.717) is 12.1 Å². The first kappa shape index (κ1) is 15.5. The zero-order chi connectivity index (χ0) is 14.4. The summed E-state index contributed by atoms with van der Waals surface area (Å²) in [5.74, 6) is 0.